The van der Waals surface area contributed by atoms with Crippen LogP contribution in [-0.2, 0) is 0 Å². The van der Waals surface area contributed by atoms with Crippen molar-refractivity contribution in [3.05, 3.63) is 27.7 Å². The van der Waals surface area contributed by atoms with Crippen molar-refractivity contribution < 1.29 is 4.74 Å². The maximum atomic E-state index is 6.17. The number of nitrogens with one attached hydrogen (secondary N) is 1. The van der Waals surface area contributed by atoms with Crippen LogP contribution >= 0.6 is 15.9 Å². The number of aryl methyl sites for hydroxylation is 2. The van der Waals surface area contributed by atoms with Crippen molar-refractivity contribution in [3.63, 3.8) is 0 Å². The van der Waals surface area contributed by atoms with E-state index in [0.29, 0.717) is 5.92 Å². The molecule has 0 amide bonds. The standard InChI is InChI=1S/C17H28BrNO/c1-6-7-15(11-19-10-12(2)3)20-16-8-13(4)17(18)14(5)9-16/h8-9,12,15,19H,6-7,10-11H2,1-5H3. The quantitative estimate of drug-likeness (QED) is 0.728. The lowest BCUT2D eigenvalue weighted by Crippen LogP contribution is -2.33. The fourth-order valence-corrected chi connectivity index (χ4v) is 2.45. The van der Waals surface area contributed by atoms with Gasteiger partial charge in [-0.15, -0.1) is 0 Å². The summed E-state index contributed by atoms with van der Waals surface area (Å²) < 4.78 is 7.35. The van der Waals surface area contributed by atoms with E-state index in [4.69, 9.17) is 4.74 Å². The number of hydrogen-bond acceptors (Lipinski definition) is 2. The number of ether oxygens (including phenoxy) is 1. The highest BCUT2D eigenvalue weighted by molar-refractivity contribution is 9.10. The molecule has 0 aliphatic rings. The van der Waals surface area contributed by atoms with Crippen LogP contribution in [0, 0.1) is 19.8 Å². The van der Waals surface area contributed by atoms with Crippen molar-refractivity contribution >= 4 is 15.9 Å². The lowest BCUT2D eigenvalue weighted by atomic mass is 10.1. The number of benzene rings is 1. The van der Waals surface area contributed by atoms with Gasteiger partial charge in [-0.3, -0.25) is 0 Å². The summed E-state index contributed by atoms with van der Waals surface area (Å²) in [5.74, 6) is 1.66. The summed E-state index contributed by atoms with van der Waals surface area (Å²) >= 11 is 3.60. The molecular formula is C17H28BrNO. The van der Waals surface area contributed by atoms with Crippen LogP contribution < -0.4 is 10.1 Å². The first-order chi connectivity index (χ1) is 9.43. The Balaban J connectivity index is 2.65. The summed E-state index contributed by atoms with van der Waals surface area (Å²) in [7, 11) is 0. The van der Waals surface area contributed by atoms with E-state index in [1.54, 1.807) is 0 Å². The second kappa shape index (κ2) is 8.68. The van der Waals surface area contributed by atoms with E-state index < -0.39 is 0 Å². The Labute approximate surface area is 132 Å². The molecule has 0 spiro atoms. The van der Waals surface area contributed by atoms with E-state index >= 15 is 0 Å². The van der Waals surface area contributed by atoms with Crippen LogP contribution in [0.2, 0.25) is 0 Å². The van der Waals surface area contributed by atoms with Gasteiger partial charge in [0, 0.05) is 11.0 Å². The molecule has 1 aromatic carbocycles. The predicted octanol–water partition coefficient (Wildman–Crippen LogP) is 4.86. The van der Waals surface area contributed by atoms with E-state index in [2.05, 4.69) is 68.0 Å². The monoisotopic (exact) mass is 341 g/mol. The van der Waals surface area contributed by atoms with Crippen LogP contribution in [0.3, 0.4) is 0 Å². The molecule has 0 aliphatic heterocycles. The molecule has 1 aromatic rings. The number of halogens is 1. The van der Waals surface area contributed by atoms with E-state index in [0.717, 1.165) is 31.7 Å². The molecule has 114 valence electrons. The van der Waals surface area contributed by atoms with Gasteiger partial charge in [0.05, 0.1) is 0 Å². The first-order valence-corrected chi connectivity index (χ1v) is 8.37. The van der Waals surface area contributed by atoms with Crippen LogP contribution in [-0.4, -0.2) is 19.2 Å². The Hall–Kier alpha value is -0.540. The van der Waals surface area contributed by atoms with Crippen molar-refractivity contribution in [3.8, 4) is 5.75 Å². The minimum atomic E-state index is 0.249. The summed E-state index contributed by atoms with van der Waals surface area (Å²) in [6, 6.07) is 4.23. The fraction of sp³-hybridized carbons (Fsp3) is 0.647. The Morgan fingerprint density at radius 3 is 2.25 bits per heavy atom. The first kappa shape index (κ1) is 17.5. The van der Waals surface area contributed by atoms with Crippen LogP contribution in [0.4, 0.5) is 0 Å². The SMILES string of the molecule is CCCC(CNCC(C)C)Oc1cc(C)c(Br)c(C)c1. The Morgan fingerprint density at radius 1 is 1.15 bits per heavy atom. The molecule has 0 saturated carbocycles. The van der Waals surface area contributed by atoms with Crippen molar-refractivity contribution in [1.82, 2.24) is 5.32 Å². The molecule has 0 heterocycles. The minimum absolute atomic E-state index is 0.249. The normalized spacial score (nSPS) is 12.8. The highest BCUT2D eigenvalue weighted by Crippen LogP contribution is 2.27. The smallest absolute Gasteiger partial charge is 0.120 e. The molecule has 1 atom stereocenters. The maximum absolute atomic E-state index is 6.17. The number of hydrogen-bond donors (Lipinski definition) is 1. The molecule has 0 radical (unpaired) electrons. The second-order valence-corrected chi connectivity index (χ2v) is 6.74. The summed E-state index contributed by atoms with van der Waals surface area (Å²) in [6.07, 6.45) is 2.47. The Kier molecular flexibility index (Phi) is 7.60. The van der Waals surface area contributed by atoms with Gasteiger partial charge in [0.25, 0.3) is 0 Å². The third kappa shape index (κ3) is 5.84. The highest BCUT2D eigenvalue weighted by Gasteiger charge is 2.11. The first-order valence-electron chi connectivity index (χ1n) is 7.58. The van der Waals surface area contributed by atoms with Crippen LogP contribution in [0.15, 0.2) is 16.6 Å². The molecule has 0 saturated heterocycles. The van der Waals surface area contributed by atoms with Gasteiger partial charge >= 0.3 is 0 Å². The maximum Gasteiger partial charge on any atom is 0.120 e. The molecule has 1 N–H and O–H groups in total. The molecule has 0 fully saturated rings. The van der Waals surface area contributed by atoms with E-state index in [9.17, 15) is 0 Å². The van der Waals surface area contributed by atoms with E-state index in [1.807, 2.05) is 0 Å². The highest BCUT2D eigenvalue weighted by atomic mass is 79.9. The van der Waals surface area contributed by atoms with Gasteiger partial charge in [0.2, 0.25) is 0 Å². The van der Waals surface area contributed by atoms with Crippen molar-refractivity contribution in [2.24, 2.45) is 5.92 Å². The minimum Gasteiger partial charge on any atom is -0.489 e. The van der Waals surface area contributed by atoms with Gasteiger partial charge in [-0.05, 0) is 56.0 Å². The van der Waals surface area contributed by atoms with Gasteiger partial charge in [0.1, 0.15) is 11.9 Å². The summed E-state index contributed by atoms with van der Waals surface area (Å²) in [5, 5.41) is 3.50. The van der Waals surface area contributed by atoms with E-state index in [1.165, 1.54) is 15.6 Å². The van der Waals surface area contributed by atoms with Crippen molar-refractivity contribution in [2.75, 3.05) is 13.1 Å². The second-order valence-electron chi connectivity index (χ2n) is 5.95. The molecular weight excluding hydrogens is 314 g/mol. The molecule has 0 aromatic heterocycles. The summed E-state index contributed by atoms with van der Waals surface area (Å²) in [5.41, 5.74) is 2.45. The van der Waals surface area contributed by atoms with Crippen molar-refractivity contribution in [1.29, 1.82) is 0 Å². The zero-order chi connectivity index (χ0) is 15.1. The largest absolute Gasteiger partial charge is 0.489 e. The molecule has 0 bridgehead atoms. The summed E-state index contributed by atoms with van der Waals surface area (Å²) in [6.45, 7) is 12.8. The predicted molar refractivity (Wildman–Crippen MR) is 90.6 cm³/mol. The summed E-state index contributed by atoms with van der Waals surface area (Å²) in [4.78, 5) is 0. The lowest BCUT2D eigenvalue weighted by Gasteiger charge is -2.21. The Bertz CT molecular complexity index is 394. The third-order valence-corrected chi connectivity index (χ3v) is 4.50. The van der Waals surface area contributed by atoms with Crippen LogP contribution in [0.5, 0.6) is 5.75 Å². The lowest BCUT2D eigenvalue weighted by molar-refractivity contribution is 0.185. The Morgan fingerprint density at radius 2 is 1.75 bits per heavy atom. The van der Waals surface area contributed by atoms with Gasteiger partial charge in [0.15, 0.2) is 0 Å². The molecule has 1 rings (SSSR count). The fourth-order valence-electron chi connectivity index (χ4n) is 2.22. The molecule has 0 aliphatic carbocycles. The van der Waals surface area contributed by atoms with Gasteiger partial charge < -0.3 is 10.1 Å². The zero-order valence-electron chi connectivity index (χ0n) is 13.4. The van der Waals surface area contributed by atoms with Gasteiger partial charge in [-0.25, -0.2) is 0 Å². The average Bonchev–Trinajstić information content (AvgIpc) is 2.35. The number of rotatable bonds is 8. The topological polar surface area (TPSA) is 21.3 Å². The van der Waals surface area contributed by atoms with E-state index in [-0.39, 0.29) is 6.10 Å². The van der Waals surface area contributed by atoms with Gasteiger partial charge in [-0.1, -0.05) is 43.1 Å². The zero-order valence-corrected chi connectivity index (χ0v) is 15.0. The molecule has 3 heteroatoms. The van der Waals surface area contributed by atoms with Crippen LogP contribution in [0.1, 0.15) is 44.7 Å². The molecule has 20 heavy (non-hydrogen) atoms. The van der Waals surface area contributed by atoms with Gasteiger partial charge in [-0.2, -0.15) is 0 Å². The van der Waals surface area contributed by atoms with Crippen LogP contribution in [0.25, 0.3) is 0 Å². The molecule has 1 unspecified atom stereocenters. The molecule has 2 nitrogen and oxygen atoms in total. The third-order valence-electron chi connectivity index (χ3n) is 3.25. The average molecular weight is 342 g/mol. The van der Waals surface area contributed by atoms with Crippen molar-refractivity contribution in [2.45, 2.75) is 53.6 Å².